The average molecular weight is 371 g/mol. The van der Waals surface area contributed by atoms with E-state index in [-0.39, 0.29) is 12.0 Å². The molecule has 0 radical (unpaired) electrons. The molecule has 1 aromatic carbocycles. The van der Waals surface area contributed by atoms with E-state index < -0.39 is 23.9 Å². The Morgan fingerprint density at radius 1 is 1.27 bits per heavy atom. The van der Waals surface area contributed by atoms with E-state index in [0.717, 1.165) is 16.9 Å². The van der Waals surface area contributed by atoms with Gasteiger partial charge in [-0.1, -0.05) is 12.1 Å². The van der Waals surface area contributed by atoms with E-state index in [2.05, 4.69) is 5.32 Å². The van der Waals surface area contributed by atoms with E-state index in [4.69, 9.17) is 15.7 Å². The maximum Gasteiger partial charge on any atom is 0.306 e. The fraction of sp³-hybridized carbons (Fsp3) is 0.222. The molecule has 26 heavy (non-hydrogen) atoms. The highest BCUT2D eigenvalue weighted by atomic mass is 32.1. The lowest BCUT2D eigenvalue weighted by Crippen LogP contribution is -2.30. The summed E-state index contributed by atoms with van der Waals surface area (Å²) < 4.78 is 5.11. The number of nitrogens with zero attached hydrogens (tertiary/aromatic N) is 1. The summed E-state index contributed by atoms with van der Waals surface area (Å²) in [6.45, 7) is 1.45. The van der Waals surface area contributed by atoms with Crippen LogP contribution in [0, 0.1) is 11.3 Å². The van der Waals surface area contributed by atoms with E-state index in [9.17, 15) is 14.4 Å². The number of rotatable bonds is 7. The predicted octanol–water partition coefficient (Wildman–Crippen LogP) is 2.22. The number of hydrogen-bond donors (Lipinski definition) is 2. The Labute approximate surface area is 154 Å². The van der Waals surface area contributed by atoms with Crippen LogP contribution in [0.25, 0.3) is 0 Å². The molecule has 7 nitrogen and oxygen atoms in total. The second-order valence-electron chi connectivity index (χ2n) is 5.46. The van der Waals surface area contributed by atoms with E-state index in [0.29, 0.717) is 17.0 Å². The Morgan fingerprint density at radius 3 is 2.58 bits per heavy atom. The van der Waals surface area contributed by atoms with Crippen LogP contribution in [-0.4, -0.2) is 23.9 Å². The van der Waals surface area contributed by atoms with Crippen LogP contribution >= 0.6 is 11.3 Å². The number of esters is 1. The molecule has 3 N–H and O–H groups in total. The molecular weight excluding hydrogens is 354 g/mol. The minimum atomic E-state index is -1.01. The summed E-state index contributed by atoms with van der Waals surface area (Å²) in [6, 6.07) is 10.4. The molecule has 0 saturated carbocycles. The standard InChI is InChI=1S/C18H17N3O4S/c1-11(17(24)21-18-14(16(20)23)8-9-26-18)25-15(22)7-6-12-2-4-13(10-19)5-3-12/h2-5,8-9,11H,6-7H2,1H3,(H2,20,23)(H,21,24)/t11-/m0/s1. The number of nitrogens with two attached hydrogens (primary N) is 1. The average Bonchev–Trinajstić information content (AvgIpc) is 3.08. The molecule has 2 rings (SSSR count). The molecule has 0 spiro atoms. The van der Waals surface area contributed by atoms with Crippen LogP contribution in [0.4, 0.5) is 5.00 Å². The molecule has 0 unspecified atom stereocenters. The number of amides is 2. The van der Waals surface area contributed by atoms with Gasteiger partial charge in [0.15, 0.2) is 6.10 Å². The Kier molecular flexibility index (Phi) is 6.47. The minimum absolute atomic E-state index is 0.106. The fourth-order valence-corrected chi connectivity index (χ4v) is 2.91. The van der Waals surface area contributed by atoms with Crippen LogP contribution in [-0.2, 0) is 20.7 Å². The molecule has 0 saturated heterocycles. The van der Waals surface area contributed by atoms with Crippen LogP contribution < -0.4 is 11.1 Å². The maximum absolute atomic E-state index is 12.1. The fourth-order valence-electron chi connectivity index (χ4n) is 2.12. The molecule has 2 amide bonds. The lowest BCUT2D eigenvalue weighted by Gasteiger charge is -2.13. The third-order valence-corrected chi connectivity index (χ3v) is 4.38. The molecule has 1 aromatic heterocycles. The maximum atomic E-state index is 12.1. The molecule has 0 aliphatic rings. The number of nitriles is 1. The smallest absolute Gasteiger partial charge is 0.306 e. The van der Waals surface area contributed by atoms with E-state index in [1.165, 1.54) is 13.0 Å². The summed E-state index contributed by atoms with van der Waals surface area (Å²) in [5.41, 5.74) is 6.87. The second-order valence-corrected chi connectivity index (χ2v) is 6.37. The van der Waals surface area contributed by atoms with Gasteiger partial charge < -0.3 is 15.8 Å². The second kappa shape index (κ2) is 8.78. The van der Waals surface area contributed by atoms with Crippen LogP contribution in [0.1, 0.15) is 34.8 Å². The molecular formula is C18H17N3O4S. The van der Waals surface area contributed by atoms with Crippen molar-refractivity contribution in [3.8, 4) is 6.07 Å². The van der Waals surface area contributed by atoms with Crippen molar-refractivity contribution in [3.05, 3.63) is 52.4 Å². The van der Waals surface area contributed by atoms with Crippen molar-refractivity contribution >= 4 is 34.1 Å². The van der Waals surface area contributed by atoms with Crippen molar-refractivity contribution in [2.75, 3.05) is 5.32 Å². The van der Waals surface area contributed by atoms with Crippen LogP contribution in [0.15, 0.2) is 35.7 Å². The highest BCUT2D eigenvalue weighted by Gasteiger charge is 2.20. The molecule has 1 heterocycles. The van der Waals surface area contributed by atoms with Crippen molar-refractivity contribution in [3.63, 3.8) is 0 Å². The highest BCUT2D eigenvalue weighted by Crippen LogP contribution is 2.23. The molecule has 0 fully saturated rings. The van der Waals surface area contributed by atoms with Gasteiger partial charge in [0.05, 0.1) is 17.2 Å². The number of primary amides is 1. The number of thiophene rings is 1. The van der Waals surface area contributed by atoms with E-state index >= 15 is 0 Å². The first-order valence-corrected chi connectivity index (χ1v) is 8.65. The number of aryl methyl sites for hydroxylation is 1. The van der Waals surface area contributed by atoms with E-state index in [1.54, 1.807) is 29.6 Å². The Bertz CT molecular complexity index is 852. The molecule has 0 bridgehead atoms. The number of nitrogens with one attached hydrogen (secondary N) is 1. The van der Waals surface area contributed by atoms with Gasteiger partial charge in [-0.25, -0.2) is 0 Å². The lowest BCUT2D eigenvalue weighted by molar-refractivity contribution is -0.153. The van der Waals surface area contributed by atoms with Gasteiger partial charge in [-0.2, -0.15) is 5.26 Å². The van der Waals surface area contributed by atoms with Crippen LogP contribution in [0.2, 0.25) is 0 Å². The first kappa shape index (κ1) is 19.1. The molecule has 8 heteroatoms. The molecule has 0 aliphatic heterocycles. The minimum Gasteiger partial charge on any atom is -0.453 e. The van der Waals surface area contributed by atoms with Crippen LogP contribution in [0.3, 0.4) is 0 Å². The van der Waals surface area contributed by atoms with Gasteiger partial charge in [-0.05, 0) is 42.5 Å². The topological polar surface area (TPSA) is 122 Å². The third kappa shape index (κ3) is 5.16. The van der Waals surface area contributed by atoms with Gasteiger partial charge in [0.1, 0.15) is 5.00 Å². The number of carbonyl (C=O) groups excluding carboxylic acids is 3. The highest BCUT2D eigenvalue weighted by molar-refractivity contribution is 7.14. The zero-order valence-corrected chi connectivity index (χ0v) is 14.8. The Morgan fingerprint density at radius 2 is 1.96 bits per heavy atom. The zero-order chi connectivity index (χ0) is 19.1. The van der Waals surface area contributed by atoms with Crippen molar-refractivity contribution in [1.29, 1.82) is 5.26 Å². The number of hydrogen-bond acceptors (Lipinski definition) is 6. The number of carbonyl (C=O) groups is 3. The largest absolute Gasteiger partial charge is 0.453 e. The summed E-state index contributed by atoms with van der Waals surface area (Å²) in [6.07, 6.45) is -0.462. The summed E-state index contributed by atoms with van der Waals surface area (Å²) >= 11 is 1.16. The van der Waals surface area contributed by atoms with E-state index in [1.807, 2.05) is 6.07 Å². The molecule has 2 aromatic rings. The first-order chi connectivity index (χ1) is 12.4. The Balaban J connectivity index is 1.83. The number of anilines is 1. The first-order valence-electron chi connectivity index (χ1n) is 7.77. The third-order valence-electron chi connectivity index (χ3n) is 3.55. The summed E-state index contributed by atoms with van der Waals surface area (Å²) in [4.78, 5) is 35.3. The van der Waals surface area contributed by atoms with Crippen molar-refractivity contribution < 1.29 is 19.1 Å². The number of benzene rings is 1. The van der Waals surface area contributed by atoms with Crippen molar-refractivity contribution in [2.45, 2.75) is 25.9 Å². The van der Waals surface area contributed by atoms with Crippen molar-refractivity contribution in [2.24, 2.45) is 5.73 Å². The van der Waals surface area contributed by atoms with Gasteiger partial charge in [0.25, 0.3) is 11.8 Å². The zero-order valence-electron chi connectivity index (χ0n) is 14.0. The van der Waals surface area contributed by atoms with Crippen molar-refractivity contribution in [1.82, 2.24) is 0 Å². The SMILES string of the molecule is C[C@H](OC(=O)CCc1ccc(C#N)cc1)C(=O)Nc1sccc1C(N)=O. The quantitative estimate of drug-likeness (QED) is 0.723. The summed E-state index contributed by atoms with van der Waals surface area (Å²) in [7, 11) is 0. The Hall–Kier alpha value is -3.18. The van der Waals surface area contributed by atoms with Gasteiger partial charge >= 0.3 is 5.97 Å². The normalized spacial score (nSPS) is 11.2. The number of ether oxygens (including phenoxy) is 1. The summed E-state index contributed by atoms with van der Waals surface area (Å²) in [5, 5.41) is 13.2. The lowest BCUT2D eigenvalue weighted by atomic mass is 10.1. The van der Waals surface area contributed by atoms with Gasteiger partial charge in [0.2, 0.25) is 0 Å². The molecule has 1 atom stereocenters. The van der Waals surface area contributed by atoms with Crippen LogP contribution in [0.5, 0.6) is 0 Å². The van der Waals surface area contributed by atoms with Gasteiger partial charge in [-0.3, -0.25) is 14.4 Å². The van der Waals surface area contributed by atoms with Gasteiger partial charge in [-0.15, -0.1) is 11.3 Å². The summed E-state index contributed by atoms with van der Waals surface area (Å²) in [5.74, 6) is -1.70. The monoisotopic (exact) mass is 371 g/mol. The predicted molar refractivity (Wildman–Crippen MR) is 96.5 cm³/mol. The molecule has 0 aliphatic carbocycles. The molecule has 134 valence electrons. The van der Waals surface area contributed by atoms with Gasteiger partial charge in [0, 0.05) is 6.42 Å².